The minimum absolute atomic E-state index is 0.0534. The van der Waals surface area contributed by atoms with Gasteiger partial charge < -0.3 is 15.1 Å². The van der Waals surface area contributed by atoms with E-state index >= 15 is 0 Å². The first kappa shape index (κ1) is 22.7. The molecular formula is C25H32N4O2S. The summed E-state index contributed by atoms with van der Waals surface area (Å²) < 4.78 is 0. The van der Waals surface area contributed by atoms with Crippen LogP contribution in [0.25, 0.3) is 0 Å². The molecule has 7 heteroatoms. The van der Waals surface area contributed by atoms with Gasteiger partial charge in [0.05, 0.1) is 6.42 Å². The number of piperazine rings is 1. The normalized spacial score (nSPS) is 17.2. The fourth-order valence-electron chi connectivity index (χ4n) is 4.11. The predicted octanol–water partition coefficient (Wildman–Crippen LogP) is 3.20. The summed E-state index contributed by atoms with van der Waals surface area (Å²) >= 11 is 1.90. The largest absolute Gasteiger partial charge is 0.341 e. The Hall–Kier alpha value is -2.51. The molecule has 2 heterocycles. The molecule has 0 aliphatic carbocycles. The summed E-state index contributed by atoms with van der Waals surface area (Å²) in [7, 11) is 0. The molecule has 6 nitrogen and oxygen atoms in total. The topological polar surface area (TPSA) is 55.9 Å². The fourth-order valence-corrected chi connectivity index (χ4v) is 5.02. The quantitative estimate of drug-likeness (QED) is 0.731. The van der Waals surface area contributed by atoms with Crippen LogP contribution < -0.4 is 5.32 Å². The molecule has 2 aliphatic heterocycles. The Labute approximate surface area is 194 Å². The van der Waals surface area contributed by atoms with Crippen LogP contribution in [0.2, 0.25) is 0 Å². The number of benzene rings is 2. The maximum atomic E-state index is 12.7. The summed E-state index contributed by atoms with van der Waals surface area (Å²) in [5.74, 6) is 2.24. The van der Waals surface area contributed by atoms with Gasteiger partial charge in [0, 0.05) is 63.0 Å². The van der Waals surface area contributed by atoms with Gasteiger partial charge in [0.25, 0.3) is 0 Å². The number of nitrogens with one attached hydrogen (secondary N) is 1. The number of carbonyl (C=O) groups is 2. The first-order valence-electron chi connectivity index (χ1n) is 11.4. The van der Waals surface area contributed by atoms with Crippen LogP contribution in [0.3, 0.4) is 0 Å². The monoisotopic (exact) mass is 452 g/mol. The molecule has 0 aromatic heterocycles. The van der Waals surface area contributed by atoms with Gasteiger partial charge in [-0.15, -0.1) is 0 Å². The van der Waals surface area contributed by atoms with Gasteiger partial charge in [0.2, 0.25) is 5.91 Å². The average Bonchev–Trinajstić information content (AvgIpc) is 2.85. The van der Waals surface area contributed by atoms with Crippen molar-refractivity contribution in [3.63, 3.8) is 0 Å². The summed E-state index contributed by atoms with van der Waals surface area (Å²) in [5, 5.41) is 3.00. The van der Waals surface area contributed by atoms with Crippen molar-refractivity contribution in [3.05, 3.63) is 65.7 Å². The summed E-state index contributed by atoms with van der Waals surface area (Å²) in [6.45, 7) is 5.99. The Balaban J connectivity index is 1.19. The third-order valence-electron chi connectivity index (χ3n) is 6.14. The van der Waals surface area contributed by atoms with Gasteiger partial charge in [-0.05, 0) is 29.7 Å². The minimum Gasteiger partial charge on any atom is -0.341 e. The van der Waals surface area contributed by atoms with Crippen molar-refractivity contribution < 1.29 is 9.59 Å². The van der Waals surface area contributed by atoms with Crippen LogP contribution in [-0.4, -0.2) is 84.0 Å². The van der Waals surface area contributed by atoms with E-state index in [1.165, 1.54) is 5.56 Å². The molecule has 1 N–H and O–H groups in total. The molecule has 0 unspecified atom stereocenters. The SMILES string of the molecule is O=C(Cc1ccc(NC(=O)N2CCN(CCc3ccccc3)CC2)cc1)N1CCSCC1. The zero-order chi connectivity index (χ0) is 22.2. The first-order valence-corrected chi connectivity index (χ1v) is 12.6. The van der Waals surface area contributed by atoms with Crippen LogP contribution in [0, 0.1) is 0 Å². The van der Waals surface area contributed by atoms with Gasteiger partial charge in [0.15, 0.2) is 0 Å². The van der Waals surface area contributed by atoms with E-state index in [-0.39, 0.29) is 11.9 Å². The van der Waals surface area contributed by atoms with Gasteiger partial charge in [-0.2, -0.15) is 11.8 Å². The molecular weight excluding hydrogens is 420 g/mol. The second kappa shape index (κ2) is 11.4. The average molecular weight is 453 g/mol. The number of amides is 3. The molecule has 2 fully saturated rings. The molecule has 170 valence electrons. The van der Waals surface area contributed by atoms with Gasteiger partial charge in [-0.3, -0.25) is 9.69 Å². The lowest BCUT2D eigenvalue weighted by atomic mass is 10.1. The Morgan fingerprint density at radius 1 is 0.781 bits per heavy atom. The van der Waals surface area contributed by atoms with E-state index in [4.69, 9.17) is 0 Å². The maximum Gasteiger partial charge on any atom is 0.321 e. The van der Waals surface area contributed by atoms with Crippen molar-refractivity contribution in [2.24, 2.45) is 0 Å². The van der Waals surface area contributed by atoms with Crippen LogP contribution >= 0.6 is 11.8 Å². The van der Waals surface area contributed by atoms with Gasteiger partial charge in [-0.25, -0.2) is 4.79 Å². The molecule has 32 heavy (non-hydrogen) atoms. The fraction of sp³-hybridized carbons (Fsp3) is 0.440. The van der Waals surface area contributed by atoms with Crippen LogP contribution in [-0.2, 0) is 17.6 Å². The van der Waals surface area contributed by atoms with Crippen LogP contribution in [0.4, 0.5) is 10.5 Å². The van der Waals surface area contributed by atoms with Gasteiger partial charge in [-0.1, -0.05) is 42.5 Å². The molecule has 0 radical (unpaired) electrons. The Morgan fingerprint density at radius 3 is 2.16 bits per heavy atom. The predicted molar refractivity (Wildman–Crippen MR) is 131 cm³/mol. The summed E-state index contributed by atoms with van der Waals surface area (Å²) in [5.41, 5.74) is 3.11. The Morgan fingerprint density at radius 2 is 1.47 bits per heavy atom. The van der Waals surface area contributed by atoms with Crippen LogP contribution in [0.15, 0.2) is 54.6 Å². The summed E-state index contributed by atoms with van der Waals surface area (Å²) in [4.78, 5) is 31.3. The molecule has 4 rings (SSSR count). The lowest BCUT2D eigenvalue weighted by Gasteiger charge is -2.34. The van der Waals surface area contributed by atoms with Crippen molar-refractivity contribution in [1.29, 1.82) is 0 Å². The highest BCUT2D eigenvalue weighted by Gasteiger charge is 2.21. The van der Waals surface area contributed by atoms with Crippen molar-refractivity contribution in [3.8, 4) is 0 Å². The number of hydrogen-bond donors (Lipinski definition) is 1. The van der Waals surface area contributed by atoms with E-state index < -0.39 is 0 Å². The molecule has 3 amide bonds. The number of anilines is 1. The number of urea groups is 1. The lowest BCUT2D eigenvalue weighted by Crippen LogP contribution is -2.50. The molecule has 0 saturated carbocycles. The zero-order valence-electron chi connectivity index (χ0n) is 18.5. The van der Waals surface area contributed by atoms with Crippen molar-refractivity contribution in [2.45, 2.75) is 12.8 Å². The van der Waals surface area contributed by atoms with Crippen LogP contribution in [0.1, 0.15) is 11.1 Å². The second-order valence-corrected chi connectivity index (χ2v) is 9.59. The molecule has 2 aliphatic rings. The van der Waals surface area contributed by atoms with E-state index in [1.807, 2.05) is 51.9 Å². The lowest BCUT2D eigenvalue weighted by molar-refractivity contribution is -0.130. The highest BCUT2D eigenvalue weighted by atomic mass is 32.2. The Bertz CT molecular complexity index is 877. The van der Waals surface area contributed by atoms with E-state index in [9.17, 15) is 9.59 Å². The van der Waals surface area contributed by atoms with E-state index in [1.54, 1.807) is 0 Å². The third kappa shape index (κ3) is 6.50. The third-order valence-corrected chi connectivity index (χ3v) is 7.09. The standard InChI is InChI=1S/C25H32N4O2S/c30-24(28-16-18-32-19-17-28)20-22-6-8-23(9-7-22)26-25(31)29-14-12-27(13-15-29)11-10-21-4-2-1-3-5-21/h1-9H,10-20H2,(H,26,31). The van der Waals surface area contributed by atoms with E-state index in [2.05, 4.69) is 34.5 Å². The summed E-state index contributed by atoms with van der Waals surface area (Å²) in [6, 6.07) is 18.1. The number of nitrogens with zero attached hydrogens (tertiary/aromatic N) is 3. The molecule has 2 aromatic rings. The van der Waals surface area contributed by atoms with Crippen molar-refractivity contribution >= 4 is 29.4 Å². The number of carbonyl (C=O) groups excluding carboxylic acids is 2. The zero-order valence-corrected chi connectivity index (χ0v) is 19.4. The van der Waals surface area contributed by atoms with Crippen LogP contribution in [0.5, 0.6) is 0 Å². The van der Waals surface area contributed by atoms with E-state index in [0.717, 1.165) is 75.0 Å². The van der Waals surface area contributed by atoms with Crippen molar-refractivity contribution in [2.75, 3.05) is 62.6 Å². The Kier molecular flexibility index (Phi) is 8.07. The van der Waals surface area contributed by atoms with Gasteiger partial charge >= 0.3 is 6.03 Å². The number of thioether (sulfide) groups is 1. The first-order chi connectivity index (χ1) is 15.7. The summed E-state index contributed by atoms with van der Waals surface area (Å²) in [6.07, 6.45) is 1.46. The molecule has 0 atom stereocenters. The van der Waals surface area contributed by atoms with E-state index in [0.29, 0.717) is 6.42 Å². The smallest absolute Gasteiger partial charge is 0.321 e. The van der Waals surface area contributed by atoms with Gasteiger partial charge in [0.1, 0.15) is 0 Å². The number of rotatable bonds is 6. The highest BCUT2D eigenvalue weighted by Crippen LogP contribution is 2.15. The molecule has 2 aromatic carbocycles. The highest BCUT2D eigenvalue weighted by molar-refractivity contribution is 7.99. The molecule has 2 saturated heterocycles. The van der Waals surface area contributed by atoms with Crippen molar-refractivity contribution in [1.82, 2.24) is 14.7 Å². The number of hydrogen-bond acceptors (Lipinski definition) is 4. The maximum absolute atomic E-state index is 12.7. The minimum atomic E-state index is -0.0534. The second-order valence-electron chi connectivity index (χ2n) is 8.36. The molecule has 0 bridgehead atoms. The molecule has 0 spiro atoms.